The van der Waals surface area contributed by atoms with E-state index in [1.54, 1.807) is 0 Å². The summed E-state index contributed by atoms with van der Waals surface area (Å²) in [5, 5.41) is 0. The highest BCUT2D eigenvalue weighted by molar-refractivity contribution is 5.07. The molecule has 0 fully saturated rings. The molecule has 0 amide bonds. The highest BCUT2D eigenvalue weighted by Crippen LogP contribution is 2.13. The molecule has 0 aromatic carbocycles. The average molecular weight is 179 g/mol. The van der Waals surface area contributed by atoms with Gasteiger partial charge in [0.2, 0.25) is 0 Å². The number of aromatic nitrogens is 2. The van der Waals surface area contributed by atoms with Gasteiger partial charge < -0.3 is 4.57 Å². The Morgan fingerprint density at radius 2 is 2.23 bits per heavy atom. The van der Waals surface area contributed by atoms with Crippen LogP contribution in [0, 0.1) is 0 Å². The lowest BCUT2D eigenvalue weighted by molar-refractivity contribution is 0.226. The lowest BCUT2D eigenvalue weighted by Crippen LogP contribution is -2.34. The molecule has 0 saturated heterocycles. The molecular weight excluding hydrogens is 162 g/mol. The van der Waals surface area contributed by atoms with Gasteiger partial charge in [0, 0.05) is 25.0 Å². The molecule has 0 N–H and O–H groups in total. The predicted octanol–water partition coefficient (Wildman–Crippen LogP) is 1.28. The first-order valence-corrected chi connectivity index (χ1v) is 5.10. The molecule has 3 heteroatoms. The van der Waals surface area contributed by atoms with Gasteiger partial charge in [-0.1, -0.05) is 13.8 Å². The molecule has 0 bridgehead atoms. The predicted molar refractivity (Wildman–Crippen MR) is 52.6 cm³/mol. The van der Waals surface area contributed by atoms with Crippen LogP contribution in [0.2, 0.25) is 0 Å². The number of hydrogen-bond donors (Lipinski definition) is 0. The van der Waals surface area contributed by atoms with E-state index in [1.165, 1.54) is 18.1 Å². The van der Waals surface area contributed by atoms with Gasteiger partial charge in [-0.15, -0.1) is 0 Å². The number of hydrogen-bond acceptors (Lipinski definition) is 2. The first kappa shape index (κ1) is 8.75. The smallest absolute Gasteiger partial charge is 0.123 e. The first-order chi connectivity index (χ1) is 6.35. The minimum absolute atomic E-state index is 1.02. The van der Waals surface area contributed by atoms with E-state index in [2.05, 4.69) is 28.3 Å². The van der Waals surface area contributed by atoms with Crippen molar-refractivity contribution in [3.8, 4) is 0 Å². The molecular formula is C10H17N3. The van der Waals surface area contributed by atoms with Crippen LogP contribution in [0.5, 0.6) is 0 Å². The number of imidazole rings is 1. The van der Waals surface area contributed by atoms with Crippen molar-refractivity contribution in [3.05, 3.63) is 17.7 Å². The third-order valence-electron chi connectivity index (χ3n) is 2.84. The largest absolute Gasteiger partial charge is 0.330 e. The van der Waals surface area contributed by atoms with Crippen molar-refractivity contribution >= 4 is 0 Å². The summed E-state index contributed by atoms with van der Waals surface area (Å²) in [4.78, 5) is 6.88. The summed E-state index contributed by atoms with van der Waals surface area (Å²) < 4.78 is 2.37. The maximum Gasteiger partial charge on any atom is 0.123 e. The molecule has 1 aromatic heterocycles. The molecule has 72 valence electrons. The Hall–Kier alpha value is -0.830. The fourth-order valence-electron chi connectivity index (χ4n) is 1.93. The van der Waals surface area contributed by atoms with E-state index in [-0.39, 0.29) is 0 Å². The second-order valence-corrected chi connectivity index (χ2v) is 3.54. The number of aryl methyl sites for hydroxylation is 1. The third kappa shape index (κ3) is 1.48. The standard InChI is InChI=1S/C10H17N3/c1-3-9-7-11-10-8-12(4-2)5-6-13(9)10/h7H,3-6,8H2,1-2H3. The number of rotatable bonds is 2. The van der Waals surface area contributed by atoms with Crippen LogP contribution in [0.1, 0.15) is 25.4 Å². The van der Waals surface area contributed by atoms with E-state index < -0.39 is 0 Å². The van der Waals surface area contributed by atoms with Gasteiger partial charge in [0.1, 0.15) is 5.82 Å². The molecule has 2 rings (SSSR count). The lowest BCUT2D eigenvalue weighted by atomic mass is 10.3. The van der Waals surface area contributed by atoms with Crippen LogP contribution in [0.4, 0.5) is 0 Å². The van der Waals surface area contributed by atoms with Gasteiger partial charge in [0.15, 0.2) is 0 Å². The highest BCUT2D eigenvalue weighted by Gasteiger charge is 2.17. The monoisotopic (exact) mass is 179 g/mol. The van der Waals surface area contributed by atoms with Crippen LogP contribution in [-0.4, -0.2) is 27.5 Å². The van der Waals surface area contributed by atoms with E-state index in [1.807, 2.05) is 6.20 Å². The fraction of sp³-hybridized carbons (Fsp3) is 0.700. The molecule has 1 aliphatic heterocycles. The summed E-state index contributed by atoms with van der Waals surface area (Å²) in [6.07, 6.45) is 3.12. The molecule has 0 atom stereocenters. The van der Waals surface area contributed by atoms with Gasteiger partial charge in [0.05, 0.1) is 6.54 Å². The summed E-state index contributed by atoms with van der Waals surface area (Å²) in [6.45, 7) is 8.85. The number of likely N-dealkylation sites (N-methyl/N-ethyl adjacent to an activating group) is 1. The van der Waals surface area contributed by atoms with Crippen molar-refractivity contribution < 1.29 is 0 Å². The second kappa shape index (κ2) is 3.50. The van der Waals surface area contributed by atoms with Crippen molar-refractivity contribution in [1.82, 2.24) is 14.5 Å². The average Bonchev–Trinajstić information content (AvgIpc) is 2.59. The van der Waals surface area contributed by atoms with Gasteiger partial charge in [-0.2, -0.15) is 0 Å². The number of fused-ring (bicyclic) bond motifs is 1. The van der Waals surface area contributed by atoms with Crippen LogP contribution < -0.4 is 0 Å². The highest BCUT2D eigenvalue weighted by atomic mass is 15.2. The van der Waals surface area contributed by atoms with E-state index >= 15 is 0 Å². The Balaban J connectivity index is 2.22. The molecule has 0 radical (unpaired) electrons. The summed E-state index contributed by atoms with van der Waals surface area (Å²) in [5.41, 5.74) is 1.38. The summed E-state index contributed by atoms with van der Waals surface area (Å²) in [6, 6.07) is 0. The molecule has 0 spiro atoms. The van der Waals surface area contributed by atoms with E-state index in [9.17, 15) is 0 Å². The maximum atomic E-state index is 4.45. The Bertz CT molecular complexity index is 290. The zero-order chi connectivity index (χ0) is 9.26. The van der Waals surface area contributed by atoms with Crippen LogP contribution in [-0.2, 0) is 19.5 Å². The molecule has 1 aromatic rings. The quantitative estimate of drug-likeness (QED) is 0.682. The molecule has 2 heterocycles. The normalized spacial score (nSPS) is 17.4. The Morgan fingerprint density at radius 3 is 2.92 bits per heavy atom. The minimum atomic E-state index is 1.02. The fourth-order valence-corrected chi connectivity index (χ4v) is 1.93. The van der Waals surface area contributed by atoms with Crippen LogP contribution in [0.25, 0.3) is 0 Å². The van der Waals surface area contributed by atoms with Crippen molar-refractivity contribution in [1.29, 1.82) is 0 Å². The summed E-state index contributed by atoms with van der Waals surface area (Å²) in [5.74, 6) is 1.24. The van der Waals surface area contributed by atoms with Gasteiger partial charge in [0.25, 0.3) is 0 Å². The second-order valence-electron chi connectivity index (χ2n) is 3.54. The third-order valence-corrected chi connectivity index (χ3v) is 2.84. The molecule has 0 aliphatic carbocycles. The maximum absolute atomic E-state index is 4.45. The van der Waals surface area contributed by atoms with Gasteiger partial charge in [-0.25, -0.2) is 4.98 Å². The molecule has 1 aliphatic rings. The zero-order valence-corrected chi connectivity index (χ0v) is 8.45. The Kier molecular flexibility index (Phi) is 2.36. The van der Waals surface area contributed by atoms with Crippen molar-refractivity contribution in [3.63, 3.8) is 0 Å². The van der Waals surface area contributed by atoms with Crippen LogP contribution in [0.15, 0.2) is 6.20 Å². The topological polar surface area (TPSA) is 21.1 Å². The van der Waals surface area contributed by atoms with Crippen LogP contribution >= 0.6 is 0 Å². The molecule has 3 nitrogen and oxygen atoms in total. The van der Waals surface area contributed by atoms with Gasteiger partial charge in [-0.05, 0) is 13.0 Å². The molecule has 13 heavy (non-hydrogen) atoms. The number of nitrogens with zero attached hydrogens (tertiary/aromatic N) is 3. The van der Waals surface area contributed by atoms with Gasteiger partial charge in [-0.3, -0.25) is 4.90 Å². The lowest BCUT2D eigenvalue weighted by Gasteiger charge is -2.27. The van der Waals surface area contributed by atoms with E-state index in [0.29, 0.717) is 0 Å². The van der Waals surface area contributed by atoms with E-state index in [4.69, 9.17) is 0 Å². The molecule has 0 unspecified atom stereocenters. The van der Waals surface area contributed by atoms with Crippen molar-refractivity contribution in [2.24, 2.45) is 0 Å². The Labute approximate surface area is 79.4 Å². The first-order valence-electron chi connectivity index (χ1n) is 5.10. The molecule has 0 saturated carbocycles. The van der Waals surface area contributed by atoms with Crippen molar-refractivity contribution in [2.75, 3.05) is 13.1 Å². The summed E-state index contributed by atoms with van der Waals surface area (Å²) in [7, 11) is 0. The van der Waals surface area contributed by atoms with Crippen molar-refractivity contribution in [2.45, 2.75) is 33.4 Å². The Morgan fingerprint density at radius 1 is 1.38 bits per heavy atom. The van der Waals surface area contributed by atoms with Crippen LogP contribution in [0.3, 0.4) is 0 Å². The zero-order valence-electron chi connectivity index (χ0n) is 8.45. The van der Waals surface area contributed by atoms with E-state index in [0.717, 1.165) is 26.1 Å². The summed E-state index contributed by atoms with van der Waals surface area (Å²) >= 11 is 0. The van der Waals surface area contributed by atoms with Gasteiger partial charge >= 0.3 is 0 Å². The minimum Gasteiger partial charge on any atom is -0.330 e. The SMILES string of the molecule is CCc1cnc2n1CCN(CC)C2.